The van der Waals surface area contributed by atoms with Gasteiger partial charge in [-0.3, -0.25) is 24.4 Å². The fourth-order valence-electron chi connectivity index (χ4n) is 11.4. The van der Waals surface area contributed by atoms with Gasteiger partial charge in [0.1, 0.15) is 0 Å². The van der Waals surface area contributed by atoms with Crippen LogP contribution in [0.2, 0.25) is 0 Å². The SMILES string of the molecule is CCCCCCCCC(O)CN(CCC(=O)NCC[N+](C)(C)CCCS(=O)(=O)[O-])CCN(CCN(CC(O)CCCCCCCC)CC(O)CCCCCCCC)CCN(CC(O)CCCCCCCC)CC(O)CCCCCCCC. The Bertz CT molecular complexity index is 1400. The first-order valence-corrected chi connectivity index (χ1v) is 36.3. The van der Waals surface area contributed by atoms with Gasteiger partial charge in [0.05, 0.1) is 74.4 Å². The summed E-state index contributed by atoms with van der Waals surface area (Å²) >= 11 is 0. The van der Waals surface area contributed by atoms with Gasteiger partial charge in [-0.15, -0.1) is 0 Å². The Morgan fingerprint density at radius 1 is 0.390 bits per heavy atom. The molecule has 0 rings (SSSR count). The van der Waals surface area contributed by atoms with E-state index < -0.39 is 46.4 Å². The van der Waals surface area contributed by atoms with Crippen LogP contribution in [0.15, 0.2) is 0 Å². The van der Waals surface area contributed by atoms with E-state index in [0.717, 1.165) is 89.9 Å². The molecule has 15 nitrogen and oxygen atoms in total. The third-order valence-electron chi connectivity index (χ3n) is 16.8. The highest BCUT2D eigenvalue weighted by Gasteiger charge is 2.23. The summed E-state index contributed by atoms with van der Waals surface area (Å²) in [4.78, 5) is 22.7. The molecule has 6 N–H and O–H groups in total. The highest BCUT2D eigenvalue weighted by Crippen LogP contribution is 2.17. The van der Waals surface area contributed by atoms with Crippen LogP contribution in [0, 0.1) is 0 Å². The summed E-state index contributed by atoms with van der Waals surface area (Å²) in [6, 6.07) is 0. The van der Waals surface area contributed by atoms with Crippen LogP contribution in [0.1, 0.15) is 272 Å². The highest BCUT2D eigenvalue weighted by molar-refractivity contribution is 7.85. The van der Waals surface area contributed by atoms with Crippen LogP contribution in [0.3, 0.4) is 0 Å². The Kier molecular flexibility index (Phi) is 54.6. The number of hydrogen-bond donors (Lipinski definition) is 6. The van der Waals surface area contributed by atoms with Gasteiger partial charge in [-0.05, 0) is 32.1 Å². The maximum absolute atomic E-state index is 13.5. The zero-order valence-corrected chi connectivity index (χ0v) is 55.7. The number of quaternary nitrogens is 1. The molecule has 16 heteroatoms. The van der Waals surface area contributed by atoms with E-state index in [0.29, 0.717) is 109 Å². The number of nitrogens with zero attached hydrogens (tertiary/aromatic N) is 5. The van der Waals surface area contributed by atoms with E-state index in [1.165, 1.54) is 128 Å². The van der Waals surface area contributed by atoms with E-state index in [-0.39, 0.29) is 18.7 Å². The standard InChI is InChI=1S/C66H138N6O9S/c1-8-13-18-23-28-33-39-61(73)56-69(46-44-66(78)67-45-54-72(6,7)53-38-55-82(79,80)81)50-47-68(48-51-70(57-62(74)40-34-29-24-19-14-9-2)58-63(75)41-35-30-25-20-15-10-3)49-52-71(59-64(76)42-36-31-26-21-16-11-4)60-65(77)43-37-32-27-22-17-12-5/h61-65,73-77H,8-60H2,1-7H3,(H-,67,78,79,80,81). The quantitative estimate of drug-likeness (QED) is 0.0191. The molecule has 0 aliphatic rings. The summed E-state index contributed by atoms with van der Waals surface area (Å²) in [5.41, 5.74) is 0. The Hall–Kier alpha value is -1.02. The van der Waals surface area contributed by atoms with Crippen molar-refractivity contribution in [3.63, 3.8) is 0 Å². The monoisotopic (exact) mass is 1190 g/mol. The van der Waals surface area contributed by atoms with Gasteiger partial charge in [-0.1, -0.05) is 227 Å². The molecule has 0 heterocycles. The van der Waals surface area contributed by atoms with E-state index in [1.54, 1.807) is 0 Å². The summed E-state index contributed by atoms with van der Waals surface area (Å²) in [6.07, 6.45) is 36.5. The fourth-order valence-corrected chi connectivity index (χ4v) is 11.9. The molecule has 0 bridgehead atoms. The lowest BCUT2D eigenvalue weighted by Gasteiger charge is -2.34. The number of unbranched alkanes of at least 4 members (excludes halogenated alkanes) is 25. The predicted octanol–water partition coefficient (Wildman–Crippen LogP) is 11.3. The zero-order valence-electron chi connectivity index (χ0n) is 54.9. The third kappa shape index (κ3) is 54.4. The molecule has 0 saturated carbocycles. The average molecular weight is 1190 g/mol. The van der Waals surface area contributed by atoms with Gasteiger partial charge in [0.25, 0.3) is 0 Å². The lowest BCUT2D eigenvalue weighted by molar-refractivity contribution is -0.889. The first-order chi connectivity index (χ1) is 39.4. The second kappa shape index (κ2) is 55.3. The molecule has 0 aliphatic heterocycles. The number of likely N-dealkylation sites (N-methyl/N-ethyl adjacent to an activating group) is 1. The van der Waals surface area contributed by atoms with Gasteiger partial charge in [-0.25, -0.2) is 8.42 Å². The number of nitrogens with one attached hydrogen (secondary N) is 1. The van der Waals surface area contributed by atoms with Crippen LogP contribution in [0.5, 0.6) is 0 Å². The van der Waals surface area contributed by atoms with Gasteiger partial charge in [0.2, 0.25) is 5.91 Å². The second-order valence-corrected chi connectivity index (χ2v) is 27.3. The zero-order chi connectivity index (χ0) is 61.0. The van der Waals surface area contributed by atoms with Crippen LogP contribution < -0.4 is 5.32 Å². The molecule has 5 atom stereocenters. The molecule has 0 spiro atoms. The summed E-state index contributed by atoms with van der Waals surface area (Å²) in [5, 5.41) is 60.7. The highest BCUT2D eigenvalue weighted by atomic mass is 32.2. The molecule has 1 amide bonds. The maximum atomic E-state index is 13.5. The third-order valence-corrected chi connectivity index (χ3v) is 17.6. The molecule has 0 aromatic rings. The van der Waals surface area contributed by atoms with Crippen LogP contribution in [-0.2, 0) is 14.9 Å². The Morgan fingerprint density at radius 3 is 0.963 bits per heavy atom. The second-order valence-electron chi connectivity index (χ2n) is 25.8. The minimum Gasteiger partial charge on any atom is -0.748 e. The van der Waals surface area contributed by atoms with Crippen molar-refractivity contribution in [3.05, 3.63) is 0 Å². The molecular formula is C66H138N6O9S. The van der Waals surface area contributed by atoms with Gasteiger partial charge in [-0.2, -0.15) is 0 Å². The van der Waals surface area contributed by atoms with Crippen molar-refractivity contribution in [1.29, 1.82) is 0 Å². The molecule has 0 aromatic carbocycles. The summed E-state index contributed by atoms with van der Waals surface area (Å²) in [7, 11) is -0.344. The predicted molar refractivity (Wildman–Crippen MR) is 344 cm³/mol. The van der Waals surface area contributed by atoms with Crippen LogP contribution in [0.4, 0.5) is 0 Å². The molecule has 492 valence electrons. The number of rotatable bonds is 64. The first kappa shape index (κ1) is 81.0. The Balaban J connectivity index is 6.74. The molecule has 0 aromatic heterocycles. The normalized spacial score (nSPS) is 14.4. The van der Waals surface area contributed by atoms with Gasteiger partial charge in [0.15, 0.2) is 0 Å². The Morgan fingerprint density at radius 2 is 0.659 bits per heavy atom. The fraction of sp³-hybridized carbons (Fsp3) is 0.985. The lowest BCUT2D eigenvalue weighted by Crippen LogP contribution is -2.48. The van der Waals surface area contributed by atoms with Crippen LogP contribution >= 0.6 is 0 Å². The molecule has 5 unspecified atom stereocenters. The molecule has 0 fully saturated rings. The largest absolute Gasteiger partial charge is 0.748 e. The van der Waals surface area contributed by atoms with Gasteiger partial charge < -0.3 is 39.9 Å². The summed E-state index contributed by atoms with van der Waals surface area (Å²) < 4.78 is 34.1. The molecular weight excluding hydrogens is 1050 g/mol. The van der Waals surface area contributed by atoms with Crippen molar-refractivity contribution in [1.82, 2.24) is 24.9 Å². The first-order valence-electron chi connectivity index (χ1n) is 34.7. The van der Waals surface area contributed by atoms with Crippen LogP contribution in [0.25, 0.3) is 0 Å². The van der Waals surface area contributed by atoms with Crippen LogP contribution in [-0.4, -0.2) is 217 Å². The van der Waals surface area contributed by atoms with Gasteiger partial charge >= 0.3 is 0 Å². The summed E-state index contributed by atoms with van der Waals surface area (Å²) in [6.45, 7) is 19.6. The van der Waals surface area contributed by atoms with E-state index in [2.05, 4.69) is 59.5 Å². The van der Waals surface area contributed by atoms with Crippen molar-refractivity contribution in [2.75, 3.05) is 118 Å². The molecule has 82 heavy (non-hydrogen) atoms. The number of carbonyl (C=O) groups is 1. The minimum atomic E-state index is -4.28. The van der Waals surface area contributed by atoms with E-state index in [1.807, 2.05) is 14.1 Å². The van der Waals surface area contributed by atoms with Gasteiger partial charge in [0, 0.05) is 97.1 Å². The van der Waals surface area contributed by atoms with E-state index in [9.17, 15) is 43.3 Å². The van der Waals surface area contributed by atoms with Crippen molar-refractivity contribution in [2.45, 2.75) is 303 Å². The molecule has 0 saturated heterocycles. The van der Waals surface area contributed by atoms with Crippen molar-refractivity contribution >= 4 is 16.0 Å². The lowest BCUT2D eigenvalue weighted by atomic mass is 10.1. The number of amides is 1. The van der Waals surface area contributed by atoms with Crippen molar-refractivity contribution in [2.24, 2.45) is 0 Å². The van der Waals surface area contributed by atoms with E-state index in [4.69, 9.17) is 0 Å². The minimum absolute atomic E-state index is 0.0845. The number of aliphatic hydroxyl groups is 5. The number of hydrogen-bond acceptors (Lipinski definition) is 13. The Labute approximate surface area is 507 Å². The molecule has 0 aliphatic carbocycles. The smallest absolute Gasteiger partial charge is 0.221 e. The average Bonchev–Trinajstić information content (AvgIpc) is 3.42. The van der Waals surface area contributed by atoms with Crippen molar-refractivity contribution in [3.8, 4) is 0 Å². The van der Waals surface area contributed by atoms with Crippen molar-refractivity contribution < 1.29 is 47.8 Å². The number of carbonyl (C=O) groups excluding carboxylic acids is 1. The topological polar surface area (TPSA) is 200 Å². The number of aliphatic hydroxyl groups excluding tert-OH is 5. The maximum Gasteiger partial charge on any atom is 0.221 e. The van der Waals surface area contributed by atoms with E-state index >= 15 is 0 Å². The summed E-state index contributed by atoms with van der Waals surface area (Å²) in [5.74, 6) is -0.482. The molecule has 0 radical (unpaired) electrons.